The van der Waals surface area contributed by atoms with E-state index in [4.69, 9.17) is 5.11 Å². The van der Waals surface area contributed by atoms with Gasteiger partial charge in [0.1, 0.15) is 0 Å². The molecule has 1 heteroatoms. The summed E-state index contributed by atoms with van der Waals surface area (Å²) in [5.41, 5.74) is 0. The molecule has 0 radical (unpaired) electrons. The Bertz CT molecular complexity index is 71.2. The van der Waals surface area contributed by atoms with Gasteiger partial charge in [-0.25, -0.2) is 0 Å². The quantitative estimate of drug-likeness (QED) is 0.406. The van der Waals surface area contributed by atoms with Crippen molar-refractivity contribution in [3.63, 3.8) is 0 Å². The molecule has 0 aromatic rings. The fourth-order valence-corrected chi connectivity index (χ4v) is 1.53. The van der Waals surface area contributed by atoms with Crippen LogP contribution in [-0.4, -0.2) is 11.7 Å². The Morgan fingerprint density at radius 1 is 0.615 bits per heavy atom. The van der Waals surface area contributed by atoms with Crippen LogP contribution in [0.5, 0.6) is 0 Å². The summed E-state index contributed by atoms with van der Waals surface area (Å²) in [4.78, 5) is 0. The largest absolute Gasteiger partial charge is 0.396 e. The standard InChI is InChI=1S/C12H25O/c1-2-3-4-5-6-7-8-9-10-11-12-13/h13H,1-12H2/q+1. The van der Waals surface area contributed by atoms with Crippen LogP contribution >= 0.6 is 0 Å². The molecule has 0 bridgehead atoms. The normalized spacial score (nSPS) is 10.5. The molecule has 0 saturated heterocycles. The van der Waals surface area contributed by atoms with Crippen molar-refractivity contribution in [2.24, 2.45) is 0 Å². The third-order valence-electron chi connectivity index (χ3n) is 2.41. The molecule has 0 aliphatic heterocycles. The van der Waals surface area contributed by atoms with Gasteiger partial charge in [-0.15, -0.1) is 0 Å². The fourth-order valence-electron chi connectivity index (χ4n) is 1.53. The Morgan fingerprint density at radius 3 is 1.38 bits per heavy atom. The number of aliphatic hydroxyl groups is 1. The lowest BCUT2D eigenvalue weighted by Crippen LogP contribution is -1.84. The molecule has 0 aliphatic carbocycles. The minimum atomic E-state index is 0.365. The molecule has 0 saturated carbocycles. The summed E-state index contributed by atoms with van der Waals surface area (Å²) in [7, 11) is 0. The summed E-state index contributed by atoms with van der Waals surface area (Å²) < 4.78 is 0. The van der Waals surface area contributed by atoms with Crippen LogP contribution in [0.3, 0.4) is 0 Å². The number of aliphatic hydroxyl groups excluding tert-OH is 1. The molecule has 13 heavy (non-hydrogen) atoms. The van der Waals surface area contributed by atoms with Gasteiger partial charge in [0.15, 0.2) is 0 Å². The molecule has 0 aliphatic rings. The Labute approximate surface area is 83.5 Å². The van der Waals surface area contributed by atoms with Crippen molar-refractivity contribution in [2.75, 3.05) is 6.61 Å². The molecule has 0 unspecified atom stereocenters. The van der Waals surface area contributed by atoms with E-state index in [9.17, 15) is 0 Å². The summed E-state index contributed by atoms with van der Waals surface area (Å²) in [6.45, 7) is 4.19. The van der Waals surface area contributed by atoms with Gasteiger partial charge in [0.2, 0.25) is 0 Å². The summed E-state index contributed by atoms with van der Waals surface area (Å²) in [5, 5.41) is 8.56. The second-order valence-corrected chi connectivity index (χ2v) is 3.76. The molecule has 0 spiro atoms. The molecule has 0 atom stereocenters. The minimum absolute atomic E-state index is 0.365. The van der Waals surface area contributed by atoms with E-state index < -0.39 is 0 Å². The molecule has 0 fully saturated rings. The summed E-state index contributed by atoms with van der Waals surface area (Å²) in [5.74, 6) is 0. The van der Waals surface area contributed by atoms with Crippen LogP contribution in [0.4, 0.5) is 0 Å². The second kappa shape index (κ2) is 11.8. The van der Waals surface area contributed by atoms with E-state index in [0.717, 1.165) is 12.8 Å². The van der Waals surface area contributed by atoms with Crippen LogP contribution < -0.4 is 0 Å². The number of unbranched alkanes of at least 4 members (excludes halogenated alkanes) is 9. The summed E-state index contributed by atoms with van der Waals surface area (Å²) in [6.07, 6.45) is 12.7. The van der Waals surface area contributed by atoms with Crippen LogP contribution in [0.2, 0.25) is 0 Å². The molecule has 0 aromatic carbocycles. The molecule has 0 amide bonds. The highest BCUT2D eigenvalue weighted by Crippen LogP contribution is 2.09. The lowest BCUT2D eigenvalue weighted by Gasteiger charge is -2.00. The minimum Gasteiger partial charge on any atom is -0.396 e. The zero-order valence-corrected chi connectivity index (χ0v) is 8.93. The van der Waals surface area contributed by atoms with E-state index in [1.54, 1.807) is 0 Å². The highest BCUT2D eigenvalue weighted by atomic mass is 16.2. The van der Waals surface area contributed by atoms with Gasteiger partial charge < -0.3 is 5.11 Å². The van der Waals surface area contributed by atoms with Crippen molar-refractivity contribution in [3.8, 4) is 0 Å². The third kappa shape index (κ3) is 11.8. The van der Waals surface area contributed by atoms with Gasteiger partial charge in [0.25, 0.3) is 0 Å². The van der Waals surface area contributed by atoms with Crippen molar-refractivity contribution in [2.45, 2.75) is 64.2 Å². The lowest BCUT2D eigenvalue weighted by atomic mass is 10.1. The van der Waals surface area contributed by atoms with Gasteiger partial charge in [-0.1, -0.05) is 38.5 Å². The van der Waals surface area contributed by atoms with E-state index >= 15 is 0 Å². The van der Waals surface area contributed by atoms with Gasteiger partial charge >= 0.3 is 0 Å². The second-order valence-electron chi connectivity index (χ2n) is 3.76. The monoisotopic (exact) mass is 185 g/mol. The van der Waals surface area contributed by atoms with Gasteiger partial charge in [-0.2, -0.15) is 0 Å². The van der Waals surface area contributed by atoms with E-state index in [1.807, 2.05) is 0 Å². The molecule has 78 valence electrons. The fraction of sp³-hybridized carbons (Fsp3) is 0.917. The van der Waals surface area contributed by atoms with Crippen LogP contribution in [-0.2, 0) is 0 Å². The average molecular weight is 185 g/mol. The van der Waals surface area contributed by atoms with E-state index in [0.29, 0.717) is 6.61 Å². The predicted octanol–water partition coefficient (Wildman–Crippen LogP) is 3.71. The SMILES string of the molecule is [CH2+]CCCCCCCCCCCO. The highest BCUT2D eigenvalue weighted by molar-refractivity contribution is 4.48. The first-order valence-corrected chi connectivity index (χ1v) is 5.82. The Morgan fingerprint density at radius 2 is 1.00 bits per heavy atom. The molecule has 0 heterocycles. The van der Waals surface area contributed by atoms with Crippen molar-refractivity contribution in [3.05, 3.63) is 6.92 Å². The maximum absolute atomic E-state index is 8.56. The Kier molecular flexibility index (Phi) is 11.7. The Hall–Kier alpha value is -0.170. The van der Waals surface area contributed by atoms with Crippen LogP contribution in [0.15, 0.2) is 0 Å². The summed E-state index contributed by atoms with van der Waals surface area (Å²) in [6, 6.07) is 0. The lowest BCUT2D eigenvalue weighted by molar-refractivity contribution is 0.282. The highest BCUT2D eigenvalue weighted by Gasteiger charge is 1.92. The van der Waals surface area contributed by atoms with E-state index in [-0.39, 0.29) is 0 Å². The molecular weight excluding hydrogens is 160 g/mol. The Balaban J connectivity index is 2.76. The first-order valence-electron chi connectivity index (χ1n) is 5.82. The van der Waals surface area contributed by atoms with Gasteiger partial charge in [0, 0.05) is 6.61 Å². The molecular formula is C12H25O+. The maximum Gasteiger partial charge on any atom is 0.0850 e. The van der Waals surface area contributed by atoms with E-state index in [1.165, 1.54) is 51.4 Å². The van der Waals surface area contributed by atoms with Gasteiger partial charge in [0.05, 0.1) is 13.3 Å². The van der Waals surface area contributed by atoms with Crippen molar-refractivity contribution in [1.29, 1.82) is 0 Å². The number of hydrogen-bond donors (Lipinski definition) is 1. The number of rotatable bonds is 10. The van der Waals surface area contributed by atoms with Gasteiger partial charge in [-0.05, 0) is 19.3 Å². The van der Waals surface area contributed by atoms with E-state index in [2.05, 4.69) is 6.92 Å². The van der Waals surface area contributed by atoms with Crippen molar-refractivity contribution >= 4 is 0 Å². The smallest absolute Gasteiger partial charge is 0.0850 e. The molecule has 1 N–H and O–H groups in total. The first kappa shape index (κ1) is 12.8. The third-order valence-corrected chi connectivity index (χ3v) is 2.41. The molecule has 0 rings (SSSR count). The number of hydrogen-bond acceptors (Lipinski definition) is 1. The predicted molar refractivity (Wildman–Crippen MR) is 58.6 cm³/mol. The van der Waals surface area contributed by atoms with Crippen molar-refractivity contribution in [1.82, 2.24) is 0 Å². The topological polar surface area (TPSA) is 20.2 Å². The van der Waals surface area contributed by atoms with Crippen LogP contribution in [0.25, 0.3) is 0 Å². The summed E-state index contributed by atoms with van der Waals surface area (Å²) >= 11 is 0. The van der Waals surface area contributed by atoms with Crippen LogP contribution in [0, 0.1) is 6.92 Å². The average Bonchev–Trinajstić information content (AvgIpc) is 2.16. The molecule has 0 aromatic heterocycles. The van der Waals surface area contributed by atoms with Gasteiger partial charge in [-0.3, -0.25) is 0 Å². The first-order chi connectivity index (χ1) is 6.41. The van der Waals surface area contributed by atoms with Crippen LogP contribution in [0.1, 0.15) is 64.2 Å². The zero-order chi connectivity index (χ0) is 9.78. The van der Waals surface area contributed by atoms with Crippen molar-refractivity contribution < 1.29 is 5.11 Å². The molecule has 1 nitrogen and oxygen atoms in total. The maximum atomic E-state index is 8.56. The zero-order valence-electron chi connectivity index (χ0n) is 8.93.